The first-order valence-electron chi connectivity index (χ1n) is 9.49. The number of anilines is 1. The predicted octanol–water partition coefficient (Wildman–Crippen LogP) is 3.58. The van der Waals surface area contributed by atoms with Gasteiger partial charge >= 0.3 is 0 Å². The van der Waals surface area contributed by atoms with Crippen LogP contribution >= 0.6 is 0 Å². The average molecular weight is 347 g/mol. The van der Waals surface area contributed by atoms with Gasteiger partial charge in [0.1, 0.15) is 0 Å². The molecule has 1 saturated heterocycles. The Morgan fingerprint density at radius 1 is 1.04 bits per heavy atom. The van der Waals surface area contributed by atoms with E-state index in [-0.39, 0.29) is 0 Å². The lowest BCUT2D eigenvalue weighted by molar-refractivity contribution is 0.122. The molecule has 0 amide bonds. The van der Waals surface area contributed by atoms with Crippen LogP contribution in [-0.2, 0) is 11.3 Å². The Balaban J connectivity index is 1.52. The molecule has 4 heteroatoms. The van der Waals surface area contributed by atoms with Crippen LogP contribution in [0.3, 0.4) is 0 Å². The molecule has 26 heavy (non-hydrogen) atoms. The Kier molecular flexibility index (Phi) is 3.95. The van der Waals surface area contributed by atoms with Crippen molar-refractivity contribution in [2.75, 3.05) is 44.8 Å². The molecule has 1 atom stereocenters. The zero-order valence-electron chi connectivity index (χ0n) is 15.2. The van der Waals surface area contributed by atoms with Gasteiger partial charge in [0.05, 0.1) is 13.2 Å². The van der Waals surface area contributed by atoms with Crippen LogP contribution in [0, 0.1) is 0 Å². The number of ether oxygens (including phenoxy) is 1. The summed E-state index contributed by atoms with van der Waals surface area (Å²) in [7, 11) is 2.23. The molecule has 4 nitrogen and oxygen atoms in total. The number of morpholine rings is 1. The Bertz CT molecular complexity index is 926. The van der Waals surface area contributed by atoms with Crippen molar-refractivity contribution in [1.29, 1.82) is 0 Å². The topological polar surface area (TPSA) is 31.5 Å². The van der Waals surface area contributed by atoms with E-state index in [0.717, 1.165) is 39.4 Å². The van der Waals surface area contributed by atoms with Gasteiger partial charge in [0.15, 0.2) is 0 Å². The number of H-pyrrole nitrogens is 1. The number of aromatic nitrogens is 1. The molecule has 3 heterocycles. The fraction of sp³-hybridized carbons (Fsp3) is 0.364. The molecule has 1 unspecified atom stereocenters. The van der Waals surface area contributed by atoms with Crippen molar-refractivity contribution in [3.63, 3.8) is 0 Å². The molecule has 0 aliphatic carbocycles. The van der Waals surface area contributed by atoms with Gasteiger partial charge in [-0.05, 0) is 53.4 Å². The molecule has 2 aromatic carbocycles. The Labute approximate surface area is 154 Å². The molecule has 1 aromatic heterocycles. The number of fused-ring (bicyclic) bond motifs is 2. The number of benzene rings is 2. The Morgan fingerprint density at radius 3 is 2.81 bits per heavy atom. The van der Waals surface area contributed by atoms with Crippen LogP contribution in [0.25, 0.3) is 10.9 Å². The first kappa shape index (κ1) is 15.9. The number of aromatic amines is 1. The van der Waals surface area contributed by atoms with Crippen LogP contribution in [-0.4, -0.2) is 49.8 Å². The summed E-state index contributed by atoms with van der Waals surface area (Å²) in [6.45, 7) is 5.72. The SMILES string of the molecule is CN1Cc2cc(N3CCOCC3)ccc2C(c2ccc3cc[nH]c3c2)C1. The molecule has 2 aliphatic rings. The fourth-order valence-electron chi connectivity index (χ4n) is 4.42. The van der Waals surface area contributed by atoms with Crippen LogP contribution < -0.4 is 4.90 Å². The van der Waals surface area contributed by atoms with Crippen molar-refractivity contribution in [1.82, 2.24) is 9.88 Å². The normalized spacial score (nSPS) is 21.1. The number of hydrogen-bond acceptors (Lipinski definition) is 3. The van der Waals surface area contributed by atoms with Gasteiger partial charge in [-0.15, -0.1) is 0 Å². The highest BCUT2D eigenvalue weighted by Crippen LogP contribution is 2.36. The number of nitrogens with one attached hydrogen (secondary N) is 1. The van der Waals surface area contributed by atoms with E-state index in [1.54, 1.807) is 0 Å². The van der Waals surface area contributed by atoms with Crippen molar-refractivity contribution in [3.05, 3.63) is 65.4 Å². The first-order chi connectivity index (χ1) is 12.8. The molecule has 134 valence electrons. The summed E-state index contributed by atoms with van der Waals surface area (Å²) in [5.41, 5.74) is 6.89. The van der Waals surface area contributed by atoms with E-state index in [2.05, 4.69) is 64.3 Å². The minimum atomic E-state index is 0.426. The summed E-state index contributed by atoms with van der Waals surface area (Å²) in [4.78, 5) is 8.24. The van der Waals surface area contributed by atoms with Crippen molar-refractivity contribution in [2.24, 2.45) is 0 Å². The predicted molar refractivity (Wildman–Crippen MR) is 106 cm³/mol. The summed E-state index contributed by atoms with van der Waals surface area (Å²) >= 11 is 0. The molecule has 0 spiro atoms. The van der Waals surface area contributed by atoms with Crippen LogP contribution in [0.1, 0.15) is 22.6 Å². The monoisotopic (exact) mass is 347 g/mol. The smallest absolute Gasteiger partial charge is 0.0642 e. The lowest BCUT2D eigenvalue weighted by Gasteiger charge is -2.35. The second kappa shape index (κ2) is 6.45. The Hall–Kier alpha value is -2.30. The molecule has 1 fully saturated rings. The number of nitrogens with zero attached hydrogens (tertiary/aromatic N) is 2. The molecule has 3 aromatic rings. The average Bonchev–Trinajstić information content (AvgIpc) is 3.15. The van der Waals surface area contributed by atoms with E-state index in [4.69, 9.17) is 4.74 Å². The third-order valence-corrected chi connectivity index (χ3v) is 5.79. The van der Waals surface area contributed by atoms with Crippen LogP contribution in [0.5, 0.6) is 0 Å². The van der Waals surface area contributed by atoms with Gasteiger partial charge < -0.3 is 19.5 Å². The summed E-state index contributed by atoms with van der Waals surface area (Å²) in [5.74, 6) is 0.426. The van der Waals surface area contributed by atoms with Gasteiger partial charge in [-0.25, -0.2) is 0 Å². The molecule has 0 radical (unpaired) electrons. The second-order valence-electron chi connectivity index (χ2n) is 7.56. The van der Waals surface area contributed by atoms with E-state index in [9.17, 15) is 0 Å². The van der Waals surface area contributed by atoms with Gasteiger partial charge in [-0.1, -0.05) is 18.2 Å². The lowest BCUT2D eigenvalue weighted by Crippen LogP contribution is -2.36. The highest BCUT2D eigenvalue weighted by atomic mass is 16.5. The molecule has 0 saturated carbocycles. The third-order valence-electron chi connectivity index (χ3n) is 5.79. The molecule has 0 bridgehead atoms. The van der Waals surface area contributed by atoms with Crippen molar-refractivity contribution in [2.45, 2.75) is 12.5 Å². The van der Waals surface area contributed by atoms with E-state index in [0.29, 0.717) is 5.92 Å². The third kappa shape index (κ3) is 2.79. The van der Waals surface area contributed by atoms with Crippen molar-refractivity contribution in [3.8, 4) is 0 Å². The van der Waals surface area contributed by atoms with Crippen LogP contribution in [0.2, 0.25) is 0 Å². The zero-order chi connectivity index (χ0) is 17.5. The maximum absolute atomic E-state index is 5.50. The van der Waals surface area contributed by atoms with Gasteiger partial charge in [0.2, 0.25) is 0 Å². The van der Waals surface area contributed by atoms with Crippen LogP contribution in [0.4, 0.5) is 5.69 Å². The fourth-order valence-corrected chi connectivity index (χ4v) is 4.42. The quantitative estimate of drug-likeness (QED) is 0.769. The van der Waals surface area contributed by atoms with E-state index in [1.807, 2.05) is 6.20 Å². The van der Waals surface area contributed by atoms with Crippen molar-refractivity contribution >= 4 is 16.6 Å². The van der Waals surface area contributed by atoms with Crippen LogP contribution in [0.15, 0.2) is 48.7 Å². The van der Waals surface area contributed by atoms with E-state index >= 15 is 0 Å². The van der Waals surface area contributed by atoms with Crippen molar-refractivity contribution < 1.29 is 4.74 Å². The highest BCUT2D eigenvalue weighted by molar-refractivity contribution is 5.80. The summed E-state index contributed by atoms with van der Waals surface area (Å²) in [6, 6.07) is 16.0. The van der Waals surface area contributed by atoms with Gasteiger partial charge in [-0.2, -0.15) is 0 Å². The standard InChI is InChI=1S/C22H25N3O/c1-24-14-18-12-19(25-8-10-26-11-9-25)4-5-20(18)21(15-24)17-3-2-16-6-7-23-22(16)13-17/h2-7,12-13,21,23H,8-11,14-15H2,1H3. The summed E-state index contributed by atoms with van der Waals surface area (Å²) in [6.07, 6.45) is 2.02. The molecule has 2 aliphatic heterocycles. The summed E-state index contributed by atoms with van der Waals surface area (Å²) < 4.78 is 5.50. The van der Waals surface area contributed by atoms with Gasteiger partial charge in [-0.3, -0.25) is 0 Å². The molecular weight excluding hydrogens is 322 g/mol. The zero-order valence-corrected chi connectivity index (χ0v) is 15.2. The van der Waals surface area contributed by atoms with E-state index in [1.165, 1.54) is 33.3 Å². The molecule has 1 N–H and O–H groups in total. The highest BCUT2D eigenvalue weighted by Gasteiger charge is 2.26. The number of likely N-dealkylation sites (N-methyl/N-ethyl adjacent to an activating group) is 1. The maximum atomic E-state index is 5.50. The largest absolute Gasteiger partial charge is 0.378 e. The minimum Gasteiger partial charge on any atom is -0.378 e. The second-order valence-corrected chi connectivity index (χ2v) is 7.56. The lowest BCUT2D eigenvalue weighted by atomic mass is 9.84. The van der Waals surface area contributed by atoms with Gasteiger partial charge in [0, 0.05) is 49.5 Å². The molecule has 5 rings (SSSR count). The summed E-state index contributed by atoms with van der Waals surface area (Å²) in [5, 5.41) is 1.28. The minimum absolute atomic E-state index is 0.426. The van der Waals surface area contributed by atoms with E-state index < -0.39 is 0 Å². The Morgan fingerprint density at radius 2 is 1.92 bits per heavy atom. The number of rotatable bonds is 2. The first-order valence-corrected chi connectivity index (χ1v) is 9.49. The maximum Gasteiger partial charge on any atom is 0.0642 e. The molecular formula is C22H25N3O. The van der Waals surface area contributed by atoms with Gasteiger partial charge in [0.25, 0.3) is 0 Å². The number of hydrogen-bond donors (Lipinski definition) is 1.